The van der Waals surface area contributed by atoms with E-state index in [0.717, 1.165) is 15.6 Å². The van der Waals surface area contributed by atoms with Crippen LogP contribution in [0.4, 0.5) is 0 Å². The molecule has 0 bridgehead atoms. The highest BCUT2D eigenvalue weighted by Crippen LogP contribution is 2.30. The molecule has 0 aliphatic heterocycles. The normalized spacial score (nSPS) is 12.5. The zero-order chi connectivity index (χ0) is 12.4. The van der Waals surface area contributed by atoms with Gasteiger partial charge in [0.1, 0.15) is 0 Å². The average molecular weight is 331 g/mol. The molecule has 0 aliphatic carbocycles. The summed E-state index contributed by atoms with van der Waals surface area (Å²) in [5.74, 6) is 0. The summed E-state index contributed by atoms with van der Waals surface area (Å²) in [6.07, 6.45) is 0. The van der Waals surface area contributed by atoms with Crippen molar-refractivity contribution in [2.75, 3.05) is 0 Å². The predicted octanol–water partition coefficient (Wildman–Crippen LogP) is 4.80. The molecule has 0 radical (unpaired) electrons. The van der Waals surface area contributed by atoms with Crippen LogP contribution in [0.15, 0.2) is 46.9 Å². The predicted molar refractivity (Wildman–Crippen MR) is 76.6 cm³/mol. The zero-order valence-corrected chi connectivity index (χ0v) is 11.9. The molecule has 2 N–H and O–H groups in total. The molecule has 0 amide bonds. The molecule has 2 rings (SSSR count). The Labute approximate surface area is 119 Å². The van der Waals surface area contributed by atoms with Crippen molar-refractivity contribution in [3.63, 3.8) is 0 Å². The van der Waals surface area contributed by atoms with Crippen molar-refractivity contribution in [2.45, 2.75) is 6.04 Å². The van der Waals surface area contributed by atoms with Gasteiger partial charge in [-0.3, -0.25) is 0 Å². The van der Waals surface area contributed by atoms with Gasteiger partial charge in [0.2, 0.25) is 0 Å². The van der Waals surface area contributed by atoms with Gasteiger partial charge in [0, 0.05) is 14.5 Å². The van der Waals surface area contributed by atoms with Crippen molar-refractivity contribution in [1.82, 2.24) is 0 Å². The van der Waals surface area contributed by atoms with Crippen molar-refractivity contribution in [1.29, 1.82) is 0 Å². The van der Waals surface area contributed by atoms with E-state index in [1.165, 1.54) is 0 Å². The number of hydrogen-bond donors (Lipinski definition) is 1. The fraction of sp³-hybridized carbons (Fsp3) is 0.0769. The quantitative estimate of drug-likeness (QED) is 0.840. The lowest BCUT2D eigenvalue weighted by Crippen LogP contribution is -2.12. The van der Waals surface area contributed by atoms with E-state index in [4.69, 9.17) is 28.9 Å². The molecule has 0 aromatic heterocycles. The Hall–Kier alpha value is -0.540. The van der Waals surface area contributed by atoms with Gasteiger partial charge >= 0.3 is 0 Å². The minimum atomic E-state index is -0.222. The Balaban J connectivity index is 2.40. The maximum atomic E-state index is 6.20. The first-order valence-electron chi connectivity index (χ1n) is 5.04. The molecule has 0 fully saturated rings. The van der Waals surface area contributed by atoms with Crippen LogP contribution < -0.4 is 5.73 Å². The summed E-state index contributed by atoms with van der Waals surface area (Å²) in [5, 5.41) is 1.36. The lowest BCUT2D eigenvalue weighted by molar-refractivity contribution is 0.866. The van der Waals surface area contributed by atoms with Crippen molar-refractivity contribution < 1.29 is 0 Å². The first-order chi connectivity index (χ1) is 8.08. The second kappa shape index (κ2) is 5.40. The second-order valence-electron chi connectivity index (χ2n) is 3.70. The molecule has 1 atom stereocenters. The Morgan fingerprint density at radius 1 is 1.00 bits per heavy atom. The molecular weight excluding hydrogens is 321 g/mol. The summed E-state index contributed by atoms with van der Waals surface area (Å²) in [7, 11) is 0. The molecule has 0 aliphatic rings. The molecule has 1 nitrogen and oxygen atoms in total. The molecule has 0 heterocycles. The third-order valence-corrected chi connectivity index (χ3v) is 3.66. The van der Waals surface area contributed by atoms with E-state index in [2.05, 4.69) is 15.9 Å². The minimum absolute atomic E-state index is 0.222. The molecule has 2 aromatic rings. The summed E-state index contributed by atoms with van der Waals surface area (Å²) >= 11 is 15.3. The molecule has 88 valence electrons. The van der Waals surface area contributed by atoms with Gasteiger partial charge < -0.3 is 5.73 Å². The lowest BCUT2D eigenvalue weighted by atomic mass is 10.00. The summed E-state index contributed by atoms with van der Waals surface area (Å²) in [5.41, 5.74) is 8.16. The Kier molecular flexibility index (Phi) is 4.10. The van der Waals surface area contributed by atoms with Crippen LogP contribution in [0.2, 0.25) is 10.0 Å². The standard InChI is InChI=1S/C13H10BrCl2N/c14-12-7-10(16)4-5-11(12)13(17)8-2-1-3-9(15)6-8/h1-7,13H,17H2. The highest BCUT2D eigenvalue weighted by atomic mass is 79.9. The summed E-state index contributed by atoms with van der Waals surface area (Å²) in [6.45, 7) is 0. The third kappa shape index (κ3) is 3.02. The number of hydrogen-bond acceptors (Lipinski definition) is 1. The molecule has 0 spiro atoms. The number of nitrogens with two attached hydrogens (primary N) is 1. The van der Waals surface area contributed by atoms with Crippen LogP contribution >= 0.6 is 39.1 Å². The number of benzene rings is 2. The van der Waals surface area contributed by atoms with Gasteiger partial charge in [-0.2, -0.15) is 0 Å². The first kappa shape index (κ1) is 12.9. The largest absolute Gasteiger partial charge is 0.320 e. The molecule has 17 heavy (non-hydrogen) atoms. The summed E-state index contributed by atoms with van der Waals surface area (Å²) in [6, 6.07) is 12.9. The van der Waals surface area contributed by atoms with E-state index in [1.54, 1.807) is 0 Å². The van der Waals surface area contributed by atoms with Crippen LogP contribution in [0, 0.1) is 0 Å². The fourth-order valence-corrected chi connectivity index (χ4v) is 2.76. The highest BCUT2D eigenvalue weighted by molar-refractivity contribution is 9.10. The van der Waals surface area contributed by atoms with Gasteiger partial charge in [-0.15, -0.1) is 0 Å². The number of halogens is 3. The van der Waals surface area contributed by atoms with E-state index >= 15 is 0 Å². The molecule has 4 heteroatoms. The van der Waals surface area contributed by atoms with Gasteiger partial charge in [0.05, 0.1) is 6.04 Å². The van der Waals surface area contributed by atoms with E-state index < -0.39 is 0 Å². The Bertz CT molecular complexity index is 543. The third-order valence-electron chi connectivity index (χ3n) is 2.51. The summed E-state index contributed by atoms with van der Waals surface area (Å²) in [4.78, 5) is 0. The van der Waals surface area contributed by atoms with Crippen LogP contribution in [0.3, 0.4) is 0 Å². The molecular formula is C13H10BrCl2N. The van der Waals surface area contributed by atoms with Gasteiger partial charge in [-0.25, -0.2) is 0 Å². The smallest absolute Gasteiger partial charge is 0.0563 e. The van der Waals surface area contributed by atoms with Crippen molar-refractivity contribution in [3.05, 3.63) is 68.1 Å². The highest BCUT2D eigenvalue weighted by Gasteiger charge is 2.12. The monoisotopic (exact) mass is 329 g/mol. The van der Waals surface area contributed by atoms with Crippen molar-refractivity contribution in [2.24, 2.45) is 5.73 Å². The van der Waals surface area contributed by atoms with Crippen LogP contribution in [-0.4, -0.2) is 0 Å². The van der Waals surface area contributed by atoms with Crippen molar-refractivity contribution >= 4 is 39.1 Å². The lowest BCUT2D eigenvalue weighted by Gasteiger charge is -2.14. The average Bonchev–Trinajstić information content (AvgIpc) is 2.28. The van der Waals surface area contributed by atoms with Gasteiger partial charge in [-0.1, -0.05) is 57.3 Å². The molecule has 1 unspecified atom stereocenters. The Morgan fingerprint density at radius 2 is 1.71 bits per heavy atom. The second-order valence-corrected chi connectivity index (χ2v) is 5.43. The van der Waals surface area contributed by atoms with Crippen molar-refractivity contribution in [3.8, 4) is 0 Å². The van der Waals surface area contributed by atoms with Crippen LogP contribution in [0.1, 0.15) is 17.2 Å². The molecule has 0 saturated heterocycles. The molecule has 0 saturated carbocycles. The maximum absolute atomic E-state index is 6.20. The van der Waals surface area contributed by atoms with Gasteiger partial charge in [0.15, 0.2) is 0 Å². The zero-order valence-electron chi connectivity index (χ0n) is 8.83. The number of rotatable bonds is 2. The van der Waals surface area contributed by atoms with Gasteiger partial charge in [-0.05, 0) is 35.4 Å². The van der Waals surface area contributed by atoms with E-state index in [9.17, 15) is 0 Å². The topological polar surface area (TPSA) is 26.0 Å². The van der Waals surface area contributed by atoms with Crippen LogP contribution in [-0.2, 0) is 0 Å². The Morgan fingerprint density at radius 3 is 2.35 bits per heavy atom. The van der Waals surface area contributed by atoms with E-state index in [1.807, 2.05) is 42.5 Å². The van der Waals surface area contributed by atoms with Gasteiger partial charge in [0.25, 0.3) is 0 Å². The van der Waals surface area contributed by atoms with Crippen LogP contribution in [0.5, 0.6) is 0 Å². The van der Waals surface area contributed by atoms with Crippen LogP contribution in [0.25, 0.3) is 0 Å². The summed E-state index contributed by atoms with van der Waals surface area (Å²) < 4.78 is 0.900. The van der Waals surface area contributed by atoms with E-state index in [-0.39, 0.29) is 6.04 Å². The van der Waals surface area contributed by atoms with E-state index in [0.29, 0.717) is 10.0 Å². The SMILES string of the molecule is NC(c1cccc(Cl)c1)c1ccc(Cl)cc1Br. The molecule has 2 aromatic carbocycles. The minimum Gasteiger partial charge on any atom is -0.320 e. The fourth-order valence-electron chi connectivity index (χ4n) is 1.63. The maximum Gasteiger partial charge on any atom is 0.0563 e. The first-order valence-corrected chi connectivity index (χ1v) is 6.59.